The molecule has 0 aliphatic heterocycles. The largest absolute Gasteiger partial charge is 0.477 e. The zero-order valence-corrected chi connectivity index (χ0v) is 10.3. The van der Waals surface area contributed by atoms with E-state index in [0.29, 0.717) is 24.5 Å². The number of urea groups is 1. The average Bonchev–Trinajstić information content (AvgIpc) is 2.59. The standard InChI is InChI=1S/C10H15N3O3S/c1-6-7(4-8(17-6)9(14)15)5-12-2-3-13-10(11)16/h4,12H,2-3,5H2,1H3,(H,14,15)(H3,11,13,16). The number of carboxylic acids is 1. The van der Waals surface area contributed by atoms with Gasteiger partial charge in [-0.05, 0) is 18.6 Å². The van der Waals surface area contributed by atoms with Crippen LogP contribution in [0.5, 0.6) is 0 Å². The highest BCUT2D eigenvalue weighted by Crippen LogP contribution is 2.21. The van der Waals surface area contributed by atoms with Crippen LogP contribution in [0.1, 0.15) is 20.1 Å². The molecule has 0 atom stereocenters. The first-order valence-corrected chi connectivity index (χ1v) is 5.89. The lowest BCUT2D eigenvalue weighted by atomic mass is 10.2. The van der Waals surface area contributed by atoms with E-state index in [0.717, 1.165) is 10.4 Å². The fourth-order valence-corrected chi connectivity index (χ4v) is 2.18. The normalized spacial score (nSPS) is 10.2. The number of primary amides is 1. The number of carboxylic acid groups (broad SMARTS) is 1. The van der Waals surface area contributed by atoms with E-state index in [2.05, 4.69) is 10.6 Å². The fourth-order valence-electron chi connectivity index (χ4n) is 1.30. The van der Waals surface area contributed by atoms with Crippen molar-refractivity contribution in [2.45, 2.75) is 13.5 Å². The number of hydrogen-bond donors (Lipinski definition) is 4. The van der Waals surface area contributed by atoms with Crippen molar-refractivity contribution in [1.82, 2.24) is 10.6 Å². The Labute approximate surface area is 103 Å². The van der Waals surface area contributed by atoms with Gasteiger partial charge in [0, 0.05) is 24.5 Å². The molecule has 0 aliphatic rings. The lowest BCUT2D eigenvalue weighted by Crippen LogP contribution is -2.35. The van der Waals surface area contributed by atoms with E-state index in [1.54, 1.807) is 6.07 Å². The molecule has 17 heavy (non-hydrogen) atoms. The molecule has 0 aliphatic carbocycles. The van der Waals surface area contributed by atoms with Gasteiger partial charge in [-0.3, -0.25) is 0 Å². The smallest absolute Gasteiger partial charge is 0.345 e. The second-order valence-corrected chi connectivity index (χ2v) is 4.72. The van der Waals surface area contributed by atoms with Crippen LogP contribution in [-0.2, 0) is 6.54 Å². The monoisotopic (exact) mass is 257 g/mol. The Kier molecular flexibility index (Phi) is 4.92. The molecule has 0 radical (unpaired) electrons. The Morgan fingerprint density at radius 3 is 2.71 bits per heavy atom. The molecule has 0 saturated carbocycles. The van der Waals surface area contributed by atoms with Crippen molar-refractivity contribution < 1.29 is 14.7 Å². The third kappa shape index (κ3) is 4.41. The molecule has 0 fully saturated rings. The number of carbonyl (C=O) groups excluding carboxylic acids is 1. The van der Waals surface area contributed by atoms with Gasteiger partial charge in [0.25, 0.3) is 0 Å². The molecule has 0 aromatic carbocycles. The van der Waals surface area contributed by atoms with Crippen LogP contribution in [0, 0.1) is 6.92 Å². The molecular weight excluding hydrogens is 242 g/mol. The van der Waals surface area contributed by atoms with E-state index < -0.39 is 12.0 Å². The number of amides is 2. The first-order chi connectivity index (χ1) is 8.00. The Bertz CT molecular complexity index is 417. The molecule has 0 saturated heterocycles. The van der Waals surface area contributed by atoms with Gasteiger partial charge >= 0.3 is 12.0 Å². The quantitative estimate of drug-likeness (QED) is 0.557. The second kappa shape index (κ2) is 6.21. The minimum absolute atomic E-state index is 0.342. The topological polar surface area (TPSA) is 104 Å². The molecule has 1 aromatic heterocycles. The molecule has 7 heteroatoms. The molecule has 2 amide bonds. The van der Waals surface area contributed by atoms with Gasteiger partial charge in [-0.1, -0.05) is 0 Å². The van der Waals surface area contributed by atoms with Crippen LogP contribution in [0.25, 0.3) is 0 Å². The minimum Gasteiger partial charge on any atom is -0.477 e. The number of nitrogens with two attached hydrogens (primary N) is 1. The fraction of sp³-hybridized carbons (Fsp3) is 0.400. The lowest BCUT2D eigenvalue weighted by molar-refractivity contribution is 0.0702. The molecule has 0 spiro atoms. The first kappa shape index (κ1) is 13.5. The molecule has 0 unspecified atom stereocenters. The van der Waals surface area contributed by atoms with Crippen LogP contribution in [0.15, 0.2) is 6.07 Å². The van der Waals surface area contributed by atoms with Crippen molar-refractivity contribution in [2.75, 3.05) is 13.1 Å². The third-order valence-electron chi connectivity index (χ3n) is 2.15. The van der Waals surface area contributed by atoms with E-state index >= 15 is 0 Å². The van der Waals surface area contributed by atoms with E-state index in [9.17, 15) is 9.59 Å². The van der Waals surface area contributed by atoms with Crippen molar-refractivity contribution in [3.63, 3.8) is 0 Å². The van der Waals surface area contributed by atoms with Crippen molar-refractivity contribution in [3.8, 4) is 0 Å². The number of thiophene rings is 1. The highest BCUT2D eigenvalue weighted by Gasteiger charge is 2.10. The number of aryl methyl sites for hydroxylation is 1. The maximum atomic E-state index is 10.7. The predicted octanol–water partition coefficient (Wildman–Crippen LogP) is 0.513. The molecule has 6 nitrogen and oxygen atoms in total. The summed E-state index contributed by atoms with van der Waals surface area (Å²) >= 11 is 1.26. The molecule has 94 valence electrons. The maximum absolute atomic E-state index is 10.7. The van der Waals surface area contributed by atoms with E-state index in [1.807, 2.05) is 6.92 Å². The van der Waals surface area contributed by atoms with Gasteiger partial charge in [-0.2, -0.15) is 0 Å². The van der Waals surface area contributed by atoms with Gasteiger partial charge in [0.05, 0.1) is 0 Å². The summed E-state index contributed by atoms with van der Waals surface area (Å²) in [7, 11) is 0. The van der Waals surface area contributed by atoms with Crippen LogP contribution in [0.4, 0.5) is 4.79 Å². The van der Waals surface area contributed by atoms with Crippen LogP contribution >= 0.6 is 11.3 Å². The van der Waals surface area contributed by atoms with Gasteiger partial charge in [-0.25, -0.2) is 9.59 Å². The van der Waals surface area contributed by atoms with Crippen molar-refractivity contribution in [1.29, 1.82) is 0 Å². The average molecular weight is 257 g/mol. The third-order valence-corrected chi connectivity index (χ3v) is 3.23. The Morgan fingerprint density at radius 2 is 2.18 bits per heavy atom. The molecular formula is C10H15N3O3S. The number of carbonyl (C=O) groups is 2. The van der Waals surface area contributed by atoms with Crippen LogP contribution < -0.4 is 16.4 Å². The van der Waals surface area contributed by atoms with Crippen LogP contribution in [0.3, 0.4) is 0 Å². The van der Waals surface area contributed by atoms with E-state index in [-0.39, 0.29) is 0 Å². The number of aromatic carboxylic acids is 1. The summed E-state index contributed by atoms with van der Waals surface area (Å²) in [4.78, 5) is 22.5. The summed E-state index contributed by atoms with van der Waals surface area (Å²) in [6, 6.07) is 1.11. The van der Waals surface area contributed by atoms with Gasteiger partial charge in [0.15, 0.2) is 0 Å². The van der Waals surface area contributed by atoms with E-state index in [1.165, 1.54) is 11.3 Å². The number of nitrogens with one attached hydrogen (secondary N) is 2. The summed E-state index contributed by atoms with van der Waals surface area (Å²) in [6.45, 7) is 3.50. The van der Waals surface area contributed by atoms with Crippen molar-refractivity contribution in [2.24, 2.45) is 5.73 Å². The van der Waals surface area contributed by atoms with Crippen LogP contribution in [0.2, 0.25) is 0 Å². The van der Waals surface area contributed by atoms with Gasteiger partial charge in [0.2, 0.25) is 0 Å². The maximum Gasteiger partial charge on any atom is 0.345 e. The second-order valence-electron chi connectivity index (χ2n) is 3.47. The molecule has 5 N–H and O–H groups in total. The zero-order valence-electron chi connectivity index (χ0n) is 9.45. The summed E-state index contributed by atoms with van der Waals surface area (Å²) < 4.78 is 0. The summed E-state index contributed by atoms with van der Waals surface area (Å²) in [6.07, 6.45) is 0. The first-order valence-electron chi connectivity index (χ1n) is 5.07. The Balaban J connectivity index is 2.36. The molecule has 0 bridgehead atoms. The van der Waals surface area contributed by atoms with Crippen molar-refractivity contribution >= 4 is 23.3 Å². The summed E-state index contributed by atoms with van der Waals surface area (Å²) in [5.41, 5.74) is 5.87. The van der Waals surface area contributed by atoms with Gasteiger partial charge in [-0.15, -0.1) is 11.3 Å². The van der Waals surface area contributed by atoms with Crippen molar-refractivity contribution in [3.05, 3.63) is 21.4 Å². The van der Waals surface area contributed by atoms with Crippen LogP contribution in [-0.4, -0.2) is 30.2 Å². The highest BCUT2D eigenvalue weighted by atomic mass is 32.1. The summed E-state index contributed by atoms with van der Waals surface area (Å²) in [5, 5.41) is 14.4. The lowest BCUT2D eigenvalue weighted by Gasteiger charge is -2.04. The molecule has 1 rings (SSSR count). The summed E-state index contributed by atoms with van der Waals surface area (Å²) in [5.74, 6) is -0.903. The SMILES string of the molecule is Cc1sc(C(=O)O)cc1CNCCNC(N)=O. The minimum atomic E-state index is -0.903. The van der Waals surface area contributed by atoms with Gasteiger partial charge < -0.3 is 21.5 Å². The predicted molar refractivity (Wildman–Crippen MR) is 65.3 cm³/mol. The zero-order chi connectivity index (χ0) is 12.8. The van der Waals surface area contributed by atoms with E-state index in [4.69, 9.17) is 10.8 Å². The molecule has 1 heterocycles. The molecule has 1 aromatic rings. The number of hydrogen-bond acceptors (Lipinski definition) is 4. The van der Waals surface area contributed by atoms with Gasteiger partial charge in [0.1, 0.15) is 4.88 Å². The Morgan fingerprint density at radius 1 is 1.47 bits per heavy atom. The highest BCUT2D eigenvalue weighted by molar-refractivity contribution is 7.14. The number of rotatable bonds is 6. The Hall–Kier alpha value is -1.60.